The van der Waals surface area contributed by atoms with E-state index in [9.17, 15) is 13.2 Å². The van der Waals surface area contributed by atoms with Crippen LogP contribution in [0.15, 0.2) is 33.2 Å². The number of fused-ring (bicyclic) bond motifs is 1. The van der Waals surface area contributed by atoms with E-state index in [4.69, 9.17) is 12.2 Å². The molecule has 108 valence electrons. The number of imidazole rings is 1. The van der Waals surface area contributed by atoms with Gasteiger partial charge in [-0.1, -0.05) is 0 Å². The van der Waals surface area contributed by atoms with Gasteiger partial charge in [0.2, 0.25) is 0 Å². The summed E-state index contributed by atoms with van der Waals surface area (Å²) in [5, 5.41) is 0. The Morgan fingerprint density at radius 2 is 1.52 bits per heavy atom. The molecule has 0 aliphatic heterocycles. The Kier molecular flexibility index (Phi) is 3.71. The van der Waals surface area contributed by atoms with Crippen molar-refractivity contribution in [1.29, 1.82) is 0 Å². The highest BCUT2D eigenvalue weighted by Crippen LogP contribution is 2.29. The van der Waals surface area contributed by atoms with Gasteiger partial charge in [-0.15, -0.1) is 0 Å². The smallest absolute Gasteiger partial charge is 0.182 e. The maximum absolute atomic E-state index is 14.0. The van der Waals surface area contributed by atoms with Gasteiger partial charge in [0.25, 0.3) is 0 Å². The van der Waals surface area contributed by atoms with Crippen molar-refractivity contribution in [2.75, 3.05) is 0 Å². The van der Waals surface area contributed by atoms with Crippen LogP contribution in [0.3, 0.4) is 0 Å². The second-order valence-electron chi connectivity index (χ2n) is 4.27. The van der Waals surface area contributed by atoms with Crippen LogP contribution in [0, 0.1) is 22.2 Å². The van der Waals surface area contributed by atoms with E-state index < -0.39 is 17.5 Å². The number of hydrogen-bond acceptors (Lipinski definition) is 1. The van der Waals surface area contributed by atoms with Crippen LogP contribution in [0.4, 0.5) is 13.2 Å². The lowest BCUT2D eigenvalue weighted by atomic mass is 10.2. The van der Waals surface area contributed by atoms with E-state index in [1.165, 1.54) is 22.8 Å². The van der Waals surface area contributed by atoms with Gasteiger partial charge < -0.3 is 4.98 Å². The van der Waals surface area contributed by atoms with Gasteiger partial charge in [-0.2, -0.15) is 0 Å². The molecule has 0 unspecified atom stereocenters. The molecule has 2 nitrogen and oxygen atoms in total. The van der Waals surface area contributed by atoms with E-state index in [1.54, 1.807) is 0 Å². The number of benzene rings is 2. The normalized spacial score (nSPS) is 11.3. The SMILES string of the molecule is Fc1cc(F)c(-n2c(=S)[nH]c3cc(Br)c(F)cc32)cc1Br. The van der Waals surface area contributed by atoms with Gasteiger partial charge in [0.05, 0.1) is 25.7 Å². The Morgan fingerprint density at radius 1 is 0.905 bits per heavy atom. The molecule has 8 heteroatoms. The van der Waals surface area contributed by atoms with Gasteiger partial charge >= 0.3 is 0 Å². The van der Waals surface area contributed by atoms with E-state index in [1.807, 2.05) is 0 Å². The predicted molar refractivity (Wildman–Crippen MR) is 83.7 cm³/mol. The third kappa shape index (κ3) is 2.45. The largest absolute Gasteiger partial charge is 0.330 e. The van der Waals surface area contributed by atoms with Crippen LogP contribution in [0.5, 0.6) is 0 Å². The van der Waals surface area contributed by atoms with E-state index in [0.29, 0.717) is 11.0 Å². The van der Waals surface area contributed by atoms with Gasteiger partial charge in [-0.05, 0) is 56.2 Å². The fraction of sp³-hybridized carbons (Fsp3) is 0. The van der Waals surface area contributed by atoms with Crippen molar-refractivity contribution >= 4 is 55.1 Å². The molecule has 21 heavy (non-hydrogen) atoms. The monoisotopic (exact) mass is 436 g/mol. The molecule has 3 rings (SSSR count). The summed E-state index contributed by atoms with van der Waals surface area (Å²) in [6.07, 6.45) is 0. The second-order valence-corrected chi connectivity index (χ2v) is 6.36. The van der Waals surface area contributed by atoms with Crippen molar-refractivity contribution in [2.24, 2.45) is 0 Å². The summed E-state index contributed by atoms with van der Waals surface area (Å²) in [6.45, 7) is 0. The number of halogens is 5. The van der Waals surface area contributed by atoms with Crippen LogP contribution in [-0.4, -0.2) is 9.55 Å². The van der Waals surface area contributed by atoms with Crippen molar-refractivity contribution in [3.8, 4) is 5.69 Å². The molecule has 0 atom stereocenters. The van der Waals surface area contributed by atoms with Crippen LogP contribution in [0.2, 0.25) is 0 Å². The van der Waals surface area contributed by atoms with Crippen LogP contribution < -0.4 is 0 Å². The molecule has 0 fully saturated rings. The van der Waals surface area contributed by atoms with Crippen molar-refractivity contribution in [3.05, 3.63) is 55.4 Å². The molecule has 0 saturated heterocycles. The number of hydrogen-bond donors (Lipinski definition) is 1. The van der Waals surface area contributed by atoms with Crippen LogP contribution >= 0.6 is 44.1 Å². The lowest BCUT2D eigenvalue weighted by Crippen LogP contribution is -1.99. The highest BCUT2D eigenvalue weighted by Gasteiger charge is 2.15. The van der Waals surface area contributed by atoms with Crippen molar-refractivity contribution in [3.63, 3.8) is 0 Å². The molecule has 1 N–H and O–H groups in total. The summed E-state index contributed by atoms with van der Waals surface area (Å²) < 4.78 is 43.0. The Labute approximate surface area is 138 Å². The first-order valence-electron chi connectivity index (χ1n) is 5.63. The molecule has 0 aliphatic carbocycles. The highest BCUT2D eigenvalue weighted by atomic mass is 79.9. The summed E-state index contributed by atoms with van der Waals surface area (Å²) in [7, 11) is 0. The molecule has 2 aromatic carbocycles. The molecule has 0 aliphatic rings. The molecule has 0 saturated carbocycles. The summed E-state index contributed by atoms with van der Waals surface area (Å²) in [6, 6.07) is 4.73. The first-order valence-corrected chi connectivity index (χ1v) is 7.62. The zero-order chi connectivity index (χ0) is 15.3. The summed E-state index contributed by atoms with van der Waals surface area (Å²) in [5.74, 6) is -2.03. The van der Waals surface area contributed by atoms with Crippen molar-refractivity contribution in [2.45, 2.75) is 0 Å². The number of nitrogens with zero attached hydrogens (tertiary/aromatic N) is 1. The van der Waals surface area contributed by atoms with Crippen molar-refractivity contribution < 1.29 is 13.2 Å². The third-order valence-electron chi connectivity index (χ3n) is 2.95. The molecule has 0 amide bonds. The van der Waals surface area contributed by atoms with E-state index in [2.05, 4.69) is 36.8 Å². The van der Waals surface area contributed by atoms with Crippen LogP contribution in [0.1, 0.15) is 0 Å². The number of aromatic nitrogens is 2. The lowest BCUT2D eigenvalue weighted by Gasteiger charge is -2.08. The Hall–Kier alpha value is -1.12. The van der Waals surface area contributed by atoms with Crippen LogP contribution in [-0.2, 0) is 0 Å². The zero-order valence-corrected chi connectivity index (χ0v) is 14.0. The fourth-order valence-corrected chi connectivity index (χ4v) is 3.01. The zero-order valence-electron chi connectivity index (χ0n) is 10.1. The maximum atomic E-state index is 14.0. The average molecular weight is 438 g/mol. The molecule has 1 heterocycles. The Morgan fingerprint density at radius 3 is 2.24 bits per heavy atom. The predicted octanol–water partition coefficient (Wildman–Crippen LogP) is 5.63. The standard InChI is InChI=1S/C13H5Br2F3N2S/c14-5-1-10-12(4-8(5)17)20(13(21)19-10)11-2-6(15)7(16)3-9(11)18/h1-4H,(H,19,21). The van der Waals surface area contributed by atoms with E-state index >= 15 is 0 Å². The van der Waals surface area contributed by atoms with Gasteiger partial charge in [-0.25, -0.2) is 13.2 Å². The number of H-pyrrole nitrogens is 1. The topological polar surface area (TPSA) is 20.7 Å². The molecule has 0 spiro atoms. The minimum Gasteiger partial charge on any atom is -0.330 e. The summed E-state index contributed by atoms with van der Waals surface area (Å²) >= 11 is 11.2. The molecule has 1 aromatic heterocycles. The fourth-order valence-electron chi connectivity index (χ4n) is 2.02. The minimum atomic E-state index is -0.795. The van der Waals surface area contributed by atoms with Crippen molar-refractivity contribution in [1.82, 2.24) is 9.55 Å². The van der Waals surface area contributed by atoms with Crippen LogP contribution in [0.25, 0.3) is 16.7 Å². The minimum absolute atomic E-state index is 0.0289. The van der Waals surface area contributed by atoms with Gasteiger partial charge in [0, 0.05) is 12.1 Å². The summed E-state index contributed by atoms with van der Waals surface area (Å²) in [5.41, 5.74) is 0.924. The quantitative estimate of drug-likeness (QED) is 0.386. The third-order valence-corrected chi connectivity index (χ3v) is 4.45. The Balaban J connectivity index is 2.40. The average Bonchev–Trinajstić information content (AvgIpc) is 2.70. The first kappa shape index (κ1) is 14.8. The molecular formula is C13H5Br2F3N2S. The van der Waals surface area contributed by atoms with Gasteiger partial charge in [-0.3, -0.25) is 4.57 Å². The molecule has 0 bridgehead atoms. The lowest BCUT2D eigenvalue weighted by molar-refractivity contribution is 0.574. The molecular weight excluding hydrogens is 433 g/mol. The van der Waals surface area contributed by atoms with Gasteiger partial charge in [0.1, 0.15) is 17.5 Å². The first-order chi connectivity index (χ1) is 9.88. The Bertz CT molecular complexity index is 933. The number of nitrogens with one attached hydrogen (secondary N) is 1. The highest BCUT2D eigenvalue weighted by molar-refractivity contribution is 9.10. The second kappa shape index (κ2) is 5.26. The van der Waals surface area contributed by atoms with E-state index in [-0.39, 0.29) is 19.4 Å². The number of rotatable bonds is 1. The van der Waals surface area contributed by atoms with E-state index in [0.717, 1.165) is 6.07 Å². The number of aromatic amines is 1. The summed E-state index contributed by atoms with van der Waals surface area (Å²) in [4.78, 5) is 2.86. The van der Waals surface area contributed by atoms with Gasteiger partial charge in [0.15, 0.2) is 4.77 Å². The molecule has 0 radical (unpaired) electrons. The molecule has 3 aromatic rings. The maximum Gasteiger partial charge on any atom is 0.182 e.